The molecule has 0 radical (unpaired) electrons. The fourth-order valence-electron chi connectivity index (χ4n) is 4.69. The predicted octanol–water partition coefficient (Wildman–Crippen LogP) is 6.53. The summed E-state index contributed by atoms with van der Waals surface area (Å²) in [5, 5.41) is 1.30. The lowest BCUT2D eigenvalue weighted by molar-refractivity contribution is -0.684. The fourth-order valence-corrected chi connectivity index (χ4v) is 4.69. The second-order valence-electron chi connectivity index (χ2n) is 7.80. The van der Waals surface area contributed by atoms with Gasteiger partial charge in [-0.05, 0) is 53.8 Å². The summed E-state index contributed by atoms with van der Waals surface area (Å²) in [5.41, 5.74) is 8.05. The SMILES string of the molecule is CC1CC(C)[n+]2c(ccc3cc(-c4ccccc4)ccc32)-c2ccccc21. The van der Waals surface area contributed by atoms with E-state index in [9.17, 15) is 0 Å². The van der Waals surface area contributed by atoms with Gasteiger partial charge in [0.1, 0.15) is 0 Å². The molecule has 3 aromatic carbocycles. The number of hydrogen-bond acceptors (Lipinski definition) is 0. The zero-order valence-electron chi connectivity index (χ0n) is 15.9. The molecule has 4 aromatic rings. The number of pyridine rings is 1. The minimum atomic E-state index is 0.466. The lowest BCUT2D eigenvalue weighted by Gasteiger charge is -2.12. The van der Waals surface area contributed by atoms with Gasteiger partial charge in [0, 0.05) is 29.5 Å². The first-order valence-electron chi connectivity index (χ1n) is 9.85. The highest BCUT2D eigenvalue weighted by atomic mass is 15.0. The second kappa shape index (κ2) is 6.35. The average Bonchev–Trinajstić information content (AvgIpc) is 2.83. The maximum absolute atomic E-state index is 2.55. The average molecular weight is 350 g/mol. The van der Waals surface area contributed by atoms with Crippen LogP contribution in [0.5, 0.6) is 0 Å². The van der Waals surface area contributed by atoms with E-state index in [0.717, 1.165) is 6.42 Å². The summed E-state index contributed by atoms with van der Waals surface area (Å²) in [7, 11) is 0. The topological polar surface area (TPSA) is 3.88 Å². The van der Waals surface area contributed by atoms with E-state index < -0.39 is 0 Å². The third-order valence-corrected chi connectivity index (χ3v) is 5.98. The van der Waals surface area contributed by atoms with Crippen molar-refractivity contribution in [3.8, 4) is 22.4 Å². The summed E-state index contributed by atoms with van der Waals surface area (Å²) in [6.07, 6.45) is 1.16. The molecule has 0 saturated heterocycles. The van der Waals surface area contributed by atoms with Crippen molar-refractivity contribution in [2.75, 3.05) is 0 Å². The highest BCUT2D eigenvalue weighted by molar-refractivity contribution is 5.84. The minimum Gasteiger partial charge on any atom is -0.189 e. The Hall–Kier alpha value is -2.93. The van der Waals surface area contributed by atoms with E-state index in [-0.39, 0.29) is 0 Å². The van der Waals surface area contributed by atoms with Gasteiger partial charge in [-0.3, -0.25) is 0 Å². The monoisotopic (exact) mass is 350 g/mol. The Kier molecular flexibility index (Phi) is 3.82. The quantitative estimate of drug-likeness (QED) is 0.344. The van der Waals surface area contributed by atoms with Crippen molar-refractivity contribution in [2.24, 2.45) is 0 Å². The summed E-state index contributed by atoms with van der Waals surface area (Å²) in [6.45, 7) is 4.72. The molecule has 1 heteroatoms. The van der Waals surface area contributed by atoms with Gasteiger partial charge in [-0.25, -0.2) is 0 Å². The molecule has 0 N–H and O–H groups in total. The van der Waals surface area contributed by atoms with Crippen molar-refractivity contribution in [1.82, 2.24) is 0 Å². The number of fused-ring (bicyclic) bond motifs is 5. The third kappa shape index (κ3) is 2.66. The maximum atomic E-state index is 2.55. The van der Waals surface area contributed by atoms with Crippen molar-refractivity contribution in [2.45, 2.75) is 32.2 Å². The van der Waals surface area contributed by atoms with Gasteiger partial charge in [0.2, 0.25) is 11.2 Å². The highest BCUT2D eigenvalue weighted by Gasteiger charge is 2.31. The largest absolute Gasteiger partial charge is 0.213 e. The van der Waals surface area contributed by atoms with Gasteiger partial charge >= 0.3 is 0 Å². The van der Waals surface area contributed by atoms with Gasteiger partial charge in [-0.1, -0.05) is 55.5 Å². The van der Waals surface area contributed by atoms with Crippen molar-refractivity contribution in [1.29, 1.82) is 0 Å². The van der Waals surface area contributed by atoms with Crippen LogP contribution in [-0.2, 0) is 0 Å². The Morgan fingerprint density at radius 1 is 0.741 bits per heavy atom. The van der Waals surface area contributed by atoms with Crippen LogP contribution in [0.25, 0.3) is 33.3 Å². The molecule has 0 saturated carbocycles. The molecule has 0 amide bonds. The van der Waals surface area contributed by atoms with Crippen LogP contribution in [0, 0.1) is 0 Å². The summed E-state index contributed by atoms with van der Waals surface area (Å²) < 4.78 is 2.55. The molecule has 0 bridgehead atoms. The molecule has 2 atom stereocenters. The molecule has 0 fully saturated rings. The molecule has 1 aromatic heterocycles. The molecular weight excluding hydrogens is 326 g/mol. The van der Waals surface area contributed by atoms with Crippen LogP contribution in [0.1, 0.15) is 37.8 Å². The van der Waals surface area contributed by atoms with Gasteiger partial charge in [0.15, 0.2) is 6.04 Å². The molecule has 0 spiro atoms. The van der Waals surface area contributed by atoms with Crippen LogP contribution >= 0.6 is 0 Å². The Labute approximate surface area is 160 Å². The lowest BCUT2D eigenvalue weighted by Crippen LogP contribution is -2.40. The second-order valence-corrected chi connectivity index (χ2v) is 7.80. The zero-order valence-corrected chi connectivity index (χ0v) is 15.9. The normalized spacial score (nSPS) is 18.6. The van der Waals surface area contributed by atoms with Gasteiger partial charge < -0.3 is 0 Å². The predicted molar refractivity (Wildman–Crippen MR) is 113 cm³/mol. The summed E-state index contributed by atoms with van der Waals surface area (Å²) >= 11 is 0. The Balaban J connectivity index is 1.75. The number of hydrogen-bond donors (Lipinski definition) is 0. The van der Waals surface area contributed by atoms with Crippen LogP contribution in [-0.4, -0.2) is 0 Å². The molecule has 2 unspecified atom stereocenters. The van der Waals surface area contributed by atoms with E-state index >= 15 is 0 Å². The smallest absolute Gasteiger partial charge is 0.189 e. The summed E-state index contributed by atoms with van der Waals surface area (Å²) in [6, 6.07) is 31.5. The number of aromatic nitrogens is 1. The Morgan fingerprint density at radius 3 is 2.37 bits per heavy atom. The maximum Gasteiger partial charge on any atom is 0.213 e. The van der Waals surface area contributed by atoms with Gasteiger partial charge in [0.05, 0.1) is 0 Å². The Bertz CT molecular complexity index is 1130. The molecule has 2 heterocycles. The summed E-state index contributed by atoms with van der Waals surface area (Å²) in [5.74, 6) is 0.565. The van der Waals surface area contributed by atoms with Crippen molar-refractivity contribution in [3.63, 3.8) is 0 Å². The first-order chi connectivity index (χ1) is 13.2. The first-order valence-corrected chi connectivity index (χ1v) is 9.85. The van der Waals surface area contributed by atoms with Gasteiger partial charge in [0.25, 0.3) is 0 Å². The van der Waals surface area contributed by atoms with Crippen LogP contribution in [0.15, 0.2) is 84.9 Å². The van der Waals surface area contributed by atoms with Crippen LogP contribution in [0.3, 0.4) is 0 Å². The molecule has 5 rings (SSSR count). The molecule has 27 heavy (non-hydrogen) atoms. The van der Waals surface area contributed by atoms with Gasteiger partial charge in [-0.15, -0.1) is 0 Å². The highest BCUT2D eigenvalue weighted by Crippen LogP contribution is 2.37. The first kappa shape index (κ1) is 16.3. The van der Waals surface area contributed by atoms with Crippen molar-refractivity contribution in [3.05, 3.63) is 90.5 Å². The summed E-state index contributed by atoms with van der Waals surface area (Å²) in [4.78, 5) is 0. The standard InChI is InChI=1S/C26H24N/c1-18-16-19(2)27-25-14-12-21(20-8-4-3-5-9-20)17-22(25)13-15-26(27)24-11-7-6-10-23(18)24/h3-15,17-19H,16H2,1-2H3/q+1. The molecule has 0 aliphatic carbocycles. The molecule has 1 aliphatic rings. The number of benzene rings is 3. The molecule has 1 aliphatic heterocycles. The van der Waals surface area contributed by atoms with E-state index in [1.54, 1.807) is 0 Å². The van der Waals surface area contributed by atoms with E-state index in [1.807, 2.05) is 0 Å². The fraction of sp³-hybridized carbons (Fsp3) is 0.192. The van der Waals surface area contributed by atoms with E-state index in [1.165, 1.54) is 38.9 Å². The van der Waals surface area contributed by atoms with Crippen molar-refractivity contribution >= 4 is 10.9 Å². The zero-order chi connectivity index (χ0) is 18.4. The molecule has 132 valence electrons. The van der Waals surface area contributed by atoms with Gasteiger partial charge in [-0.2, -0.15) is 4.57 Å². The van der Waals surface area contributed by atoms with E-state index in [2.05, 4.69) is 103 Å². The lowest BCUT2D eigenvalue weighted by atomic mass is 9.92. The molecular formula is C26H24N+. The number of rotatable bonds is 1. The van der Waals surface area contributed by atoms with E-state index in [0.29, 0.717) is 12.0 Å². The third-order valence-electron chi connectivity index (χ3n) is 5.98. The van der Waals surface area contributed by atoms with Crippen molar-refractivity contribution < 1.29 is 4.57 Å². The van der Waals surface area contributed by atoms with Crippen LogP contribution in [0.2, 0.25) is 0 Å². The molecule has 1 nitrogen and oxygen atoms in total. The van der Waals surface area contributed by atoms with E-state index in [4.69, 9.17) is 0 Å². The number of nitrogens with zero attached hydrogens (tertiary/aromatic N) is 1. The van der Waals surface area contributed by atoms with Crippen LogP contribution < -0.4 is 4.57 Å². The minimum absolute atomic E-state index is 0.466. The van der Waals surface area contributed by atoms with Crippen LogP contribution in [0.4, 0.5) is 0 Å². The Morgan fingerprint density at radius 2 is 1.52 bits per heavy atom.